The standard InChI is InChI=1S/C24H28N5O3S/c1-14-12-15(2)21(16(3)13-14)32-23-17(10-11-18(26-23)24(4,5)6)22(30)28-29-33(31)20-9-7-8-19(25)27-20/h7-13H,1-6H3,(H2,25,27)(H,28,30)/q-1. The predicted molar refractivity (Wildman–Crippen MR) is 129 cm³/mol. The summed E-state index contributed by atoms with van der Waals surface area (Å²) in [7, 11) is -1.92. The van der Waals surface area contributed by atoms with Crippen LogP contribution in [-0.2, 0) is 20.2 Å². The predicted octanol–water partition coefficient (Wildman–Crippen LogP) is 4.93. The molecule has 0 saturated heterocycles. The number of hydrogen-bond acceptors (Lipinski definition) is 8. The zero-order valence-electron chi connectivity index (χ0n) is 19.6. The molecule has 3 aromatic rings. The molecular weight excluding hydrogens is 438 g/mol. The average molecular weight is 467 g/mol. The lowest BCUT2D eigenvalue weighted by Crippen LogP contribution is -2.21. The van der Waals surface area contributed by atoms with E-state index in [2.05, 4.69) is 19.9 Å². The van der Waals surface area contributed by atoms with Gasteiger partial charge in [0.05, 0.1) is 0 Å². The Kier molecular flexibility index (Phi) is 7.02. The van der Waals surface area contributed by atoms with Crippen LogP contribution in [0.2, 0.25) is 0 Å². The van der Waals surface area contributed by atoms with Crippen LogP contribution in [0.15, 0.2) is 52.0 Å². The van der Waals surface area contributed by atoms with Crippen LogP contribution in [0.5, 0.6) is 11.6 Å². The van der Waals surface area contributed by atoms with Gasteiger partial charge >= 0.3 is 0 Å². The highest BCUT2D eigenvalue weighted by Gasteiger charge is 2.22. The first-order valence-corrected chi connectivity index (χ1v) is 11.5. The summed E-state index contributed by atoms with van der Waals surface area (Å²) in [6.07, 6.45) is 0. The SMILES string of the molecule is Cc1cc(C)c(Oc2nc(C(C)(C)C)ccc2C(=O)NN=[S-](=O)c2cccc(N)n2)c(C)c1. The average Bonchev–Trinajstić information content (AvgIpc) is 2.73. The molecule has 0 saturated carbocycles. The van der Waals surface area contributed by atoms with E-state index in [1.807, 2.05) is 53.7 Å². The van der Waals surface area contributed by atoms with Gasteiger partial charge in [0.15, 0.2) is 0 Å². The maximum absolute atomic E-state index is 12.9. The lowest BCUT2D eigenvalue weighted by molar-refractivity contribution is 0.0952. The van der Waals surface area contributed by atoms with Gasteiger partial charge < -0.3 is 14.7 Å². The van der Waals surface area contributed by atoms with E-state index in [-0.39, 0.29) is 27.7 Å². The highest BCUT2D eigenvalue weighted by Crippen LogP contribution is 2.32. The molecular formula is C24H28N5O3S-. The molecule has 1 aromatic carbocycles. The molecule has 0 aliphatic rings. The van der Waals surface area contributed by atoms with Gasteiger partial charge in [-0.15, -0.1) is 10.6 Å². The molecule has 0 unspecified atom stereocenters. The molecule has 3 N–H and O–H groups in total. The Morgan fingerprint density at radius 2 is 1.73 bits per heavy atom. The first-order chi connectivity index (χ1) is 15.5. The minimum Gasteiger partial charge on any atom is -0.438 e. The summed E-state index contributed by atoms with van der Waals surface area (Å²) in [5, 5.41) is 0.138. The number of carbonyl (C=O) groups excluding carboxylic acids is 1. The molecule has 9 heteroatoms. The Morgan fingerprint density at radius 3 is 2.33 bits per heavy atom. The number of nitrogens with one attached hydrogen (secondary N) is 1. The second-order valence-corrected chi connectivity index (χ2v) is 9.91. The highest BCUT2D eigenvalue weighted by molar-refractivity contribution is 7.74. The van der Waals surface area contributed by atoms with Crippen LogP contribution in [0, 0.1) is 20.8 Å². The van der Waals surface area contributed by atoms with Crippen molar-refractivity contribution in [3.8, 4) is 11.6 Å². The van der Waals surface area contributed by atoms with Gasteiger partial charge in [-0.3, -0.25) is 19.7 Å². The van der Waals surface area contributed by atoms with Crippen molar-refractivity contribution in [3.05, 3.63) is 70.4 Å². The number of ether oxygens (including phenoxy) is 1. The third kappa shape index (κ3) is 5.87. The maximum Gasteiger partial charge on any atom is 0.275 e. The van der Waals surface area contributed by atoms with Gasteiger partial charge in [0.1, 0.15) is 17.1 Å². The van der Waals surface area contributed by atoms with Crippen LogP contribution in [-0.4, -0.2) is 15.9 Å². The van der Waals surface area contributed by atoms with Gasteiger partial charge in [0.2, 0.25) is 5.88 Å². The minimum atomic E-state index is -1.92. The lowest BCUT2D eigenvalue weighted by atomic mass is 9.91. The highest BCUT2D eigenvalue weighted by atomic mass is 32.2. The molecule has 2 aromatic heterocycles. The lowest BCUT2D eigenvalue weighted by Gasteiger charge is -2.21. The molecule has 2 heterocycles. The van der Waals surface area contributed by atoms with Crippen LogP contribution in [0.3, 0.4) is 0 Å². The molecule has 1 amide bonds. The second-order valence-electron chi connectivity index (χ2n) is 8.81. The van der Waals surface area contributed by atoms with E-state index in [0.29, 0.717) is 5.75 Å². The van der Waals surface area contributed by atoms with Crippen LogP contribution in [0.1, 0.15) is 53.5 Å². The van der Waals surface area contributed by atoms with E-state index in [1.54, 1.807) is 24.3 Å². The van der Waals surface area contributed by atoms with E-state index in [4.69, 9.17) is 10.5 Å². The van der Waals surface area contributed by atoms with Crippen LogP contribution in [0.25, 0.3) is 0 Å². The summed E-state index contributed by atoms with van der Waals surface area (Å²) in [4.78, 5) is 21.5. The molecule has 0 aliphatic carbocycles. The number of anilines is 1. The number of pyridine rings is 2. The Labute approximate surface area is 195 Å². The zero-order chi connectivity index (χ0) is 24.3. The van der Waals surface area contributed by atoms with Crippen LogP contribution in [0.4, 0.5) is 5.82 Å². The van der Waals surface area contributed by atoms with Crippen molar-refractivity contribution in [2.75, 3.05) is 5.73 Å². The summed E-state index contributed by atoms with van der Waals surface area (Å²) in [6, 6.07) is 12.1. The van der Waals surface area contributed by atoms with Crippen molar-refractivity contribution in [1.29, 1.82) is 0 Å². The molecule has 3 rings (SSSR count). The first-order valence-electron chi connectivity index (χ1n) is 10.4. The molecule has 0 fully saturated rings. The summed E-state index contributed by atoms with van der Waals surface area (Å²) in [6.45, 7) is 12.0. The number of amides is 1. The van der Waals surface area contributed by atoms with Gasteiger partial charge in [0.25, 0.3) is 5.91 Å². The largest absolute Gasteiger partial charge is 0.438 e. The van der Waals surface area contributed by atoms with Gasteiger partial charge in [0, 0.05) is 11.1 Å². The third-order valence-corrected chi connectivity index (χ3v) is 5.67. The molecule has 174 valence electrons. The fraction of sp³-hybridized carbons (Fsp3) is 0.292. The van der Waals surface area contributed by atoms with Gasteiger partial charge in [-0.2, -0.15) is 0 Å². The Hall–Kier alpha value is -3.46. The van der Waals surface area contributed by atoms with Crippen molar-refractivity contribution in [1.82, 2.24) is 15.4 Å². The van der Waals surface area contributed by atoms with Crippen molar-refractivity contribution < 1.29 is 13.7 Å². The van der Waals surface area contributed by atoms with Crippen molar-refractivity contribution in [3.63, 3.8) is 0 Å². The van der Waals surface area contributed by atoms with Crippen molar-refractivity contribution in [2.24, 2.45) is 4.47 Å². The maximum atomic E-state index is 12.9. The molecule has 0 bridgehead atoms. The summed E-state index contributed by atoms with van der Waals surface area (Å²) in [5.74, 6) is 0.400. The number of rotatable bonds is 5. The topological polar surface area (TPSA) is 120 Å². The van der Waals surface area contributed by atoms with E-state index >= 15 is 0 Å². The molecule has 0 spiro atoms. The first kappa shape index (κ1) is 24.2. The van der Waals surface area contributed by atoms with Crippen LogP contribution >= 0.6 is 0 Å². The van der Waals surface area contributed by atoms with Crippen LogP contribution < -0.4 is 15.9 Å². The summed E-state index contributed by atoms with van der Waals surface area (Å²) in [5.41, 5.74) is 11.6. The molecule has 0 aliphatic heterocycles. The fourth-order valence-electron chi connectivity index (χ4n) is 3.25. The summed E-state index contributed by atoms with van der Waals surface area (Å²) >= 11 is 0. The summed E-state index contributed by atoms with van der Waals surface area (Å²) < 4.78 is 22.3. The molecule has 33 heavy (non-hydrogen) atoms. The molecule has 8 nitrogen and oxygen atoms in total. The van der Waals surface area contributed by atoms with E-state index in [0.717, 1.165) is 22.4 Å². The number of aromatic nitrogens is 2. The quantitative estimate of drug-likeness (QED) is 0.407. The number of hydrogen-bond donors (Lipinski definition) is 2. The monoisotopic (exact) mass is 466 g/mol. The number of nitrogens with two attached hydrogens (primary N) is 1. The number of carbonyl (C=O) groups is 1. The van der Waals surface area contributed by atoms with E-state index in [1.165, 1.54) is 6.07 Å². The fourth-order valence-corrected chi connectivity index (χ4v) is 3.89. The molecule has 0 radical (unpaired) electrons. The number of nitrogen functional groups attached to an aromatic ring is 1. The normalized spacial score (nSPS) is 12.4. The number of aryl methyl sites for hydroxylation is 3. The van der Waals surface area contributed by atoms with Gasteiger partial charge in [-0.05, 0) is 55.1 Å². The second kappa shape index (κ2) is 9.58. The Morgan fingerprint density at radius 1 is 1.06 bits per heavy atom. The minimum absolute atomic E-state index is 0.138. The number of nitrogens with zero attached hydrogens (tertiary/aromatic N) is 3. The third-order valence-electron chi connectivity index (χ3n) is 4.83. The van der Waals surface area contributed by atoms with Gasteiger partial charge in [-0.1, -0.05) is 50.6 Å². The number of benzene rings is 1. The van der Waals surface area contributed by atoms with E-state index in [9.17, 15) is 9.00 Å². The Balaban J connectivity index is 1.98. The van der Waals surface area contributed by atoms with Crippen molar-refractivity contribution >= 4 is 22.3 Å². The smallest absolute Gasteiger partial charge is 0.275 e. The van der Waals surface area contributed by atoms with Gasteiger partial charge in [-0.25, -0.2) is 4.98 Å². The Bertz CT molecular complexity index is 1270. The van der Waals surface area contributed by atoms with E-state index < -0.39 is 16.5 Å². The molecule has 0 atom stereocenters. The van der Waals surface area contributed by atoms with Crippen molar-refractivity contribution in [2.45, 2.75) is 52.0 Å². The zero-order valence-corrected chi connectivity index (χ0v) is 20.4.